The zero-order valence-electron chi connectivity index (χ0n) is 16.7. The van der Waals surface area contributed by atoms with E-state index in [-0.39, 0.29) is 16.6 Å². The predicted molar refractivity (Wildman–Crippen MR) is 114 cm³/mol. The van der Waals surface area contributed by atoms with Crippen LogP contribution in [-0.2, 0) is 6.18 Å². The van der Waals surface area contributed by atoms with Crippen molar-refractivity contribution >= 4 is 34.8 Å². The minimum Gasteiger partial charge on any atom is -0.480 e. The van der Waals surface area contributed by atoms with E-state index in [1.165, 1.54) is 13.3 Å². The van der Waals surface area contributed by atoms with Crippen LogP contribution >= 0.6 is 23.2 Å². The molecule has 0 spiro atoms. The molecule has 2 aromatic rings. The van der Waals surface area contributed by atoms with E-state index in [1.807, 2.05) is 0 Å². The standard InChI is InChI=1S/C21H22Cl2F3N3O2/c1-31-20-18(9-14(22)11-28-20)27-10-12-2-5-15(6-3-12)29-19(30)16-8-13(21(24,25)26)4-7-17(16)23/h4,7-9,11-12,15,27H,2-3,5-6,10H2,1H3,(H,29,30). The smallest absolute Gasteiger partial charge is 0.416 e. The van der Waals surface area contributed by atoms with Gasteiger partial charge >= 0.3 is 6.18 Å². The van der Waals surface area contributed by atoms with Crippen molar-refractivity contribution in [1.29, 1.82) is 0 Å². The largest absolute Gasteiger partial charge is 0.480 e. The maximum atomic E-state index is 12.9. The second kappa shape index (κ2) is 9.96. The summed E-state index contributed by atoms with van der Waals surface area (Å²) >= 11 is 11.9. The van der Waals surface area contributed by atoms with Crippen molar-refractivity contribution in [3.63, 3.8) is 0 Å². The van der Waals surface area contributed by atoms with Crippen molar-refractivity contribution in [2.75, 3.05) is 19.0 Å². The number of halogens is 5. The van der Waals surface area contributed by atoms with Gasteiger partial charge in [-0.25, -0.2) is 4.98 Å². The lowest BCUT2D eigenvalue weighted by molar-refractivity contribution is -0.137. The number of alkyl halides is 3. The number of carbonyl (C=O) groups is 1. The van der Waals surface area contributed by atoms with E-state index >= 15 is 0 Å². The molecule has 0 atom stereocenters. The van der Waals surface area contributed by atoms with Crippen molar-refractivity contribution in [1.82, 2.24) is 10.3 Å². The Morgan fingerprint density at radius 3 is 2.55 bits per heavy atom. The van der Waals surface area contributed by atoms with E-state index < -0.39 is 17.6 Å². The molecule has 1 amide bonds. The lowest BCUT2D eigenvalue weighted by Crippen LogP contribution is -2.38. The zero-order chi connectivity index (χ0) is 22.6. The topological polar surface area (TPSA) is 63.2 Å². The van der Waals surface area contributed by atoms with E-state index in [0.717, 1.165) is 43.9 Å². The number of hydrogen-bond donors (Lipinski definition) is 2. The third-order valence-electron chi connectivity index (χ3n) is 5.31. The van der Waals surface area contributed by atoms with Gasteiger partial charge in [-0.3, -0.25) is 4.79 Å². The molecule has 1 aromatic heterocycles. The number of nitrogens with zero attached hydrogens (tertiary/aromatic N) is 1. The third kappa shape index (κ3) is 6.17. The Hall–Kier alpha value is -2.19. The number of amides is 1. The fourth-order valence-electron chi connectivity index (χ4n) is 3.62. The lowest BCUT2D eigenvalue weighted by atomic mass is 9.86. The number of methoxy groups -OCH3 is 1. The van der Waals surface area contributed by atoms with Crippen LogP contribution in [0, 0.1) is 5.92 Å². The van der Waals surface area contributed by atoms with Gasteiger partial charge < -0.3 is 15.4 Å². The maximum Gasteiger partial charge on any atom is 0.416 e. The molecule has 1 saturated carbocycles. The first-order chi connectivity index (χ1) is 14.7. The lowest BCUT2D eigenvalue weighted by Gasteiger charge is -2.29. The first kappa shape index (κ1) is 23.5. The molecule has 0 radical (unpaired) electrons. The van der Waals surface area contributed by atoms with Gasteiger partial charge in [0, 0.05) is 18.8 Å². The van der Waals surface area contributed by atoms with E-state index in [9.17, 15) is 18.0 Å². The summed E-state index contributed by atoms with van der Waals surface area (Å²) in [6.45, 7) is 0.693. The van der Waals surface area contributed by atoms with Gasteiger partial charge in [-0.05, 0) is 55.9 Å². The number of benzene rings is 1. The number of anilines is 1. The Balaban J connectivity index is 1.53. The molecule has 168 valence electrons. The summed E-state index contributed by atoms with van der Waals surface area (Å²) in [7, 11) is 1.53. The van der Waals surface area contributed by atoms with Crippen LogP contribution < -0.4 is 15.4 Å². The van der Waals surface area contributed by atoms with Gasteiger partial charge in [0.1, 0.15) is 0 Å². The summed E-state index contributed by atoms with van der Waals surface area (Å²) in [5.41, 5.74) is -0.354. The number of aromatic nitrogens is 1. The zero-order valence-corrected chi connectivity index (χ0v) is 18.2. The molecule has 1 heterocycles. The Morgan fingerprint density at radius 1 is 1.19 bits per heavy atom. The number of hydrogen-bond acceptors (Lipinski definition) is 4. The molecule has 0 saturated heterocycles. The molecule has 5 nitrogen and oxygen atoms in total. The van der Waals surface area contributed by atoms with Crippen molar-refractivity contribution in [3.05, 3.63) is 51.6 Å². The minimum atomic E-state index is -4.54. The molecule has 0 aliphatic heterocycles. The van der Waals surface area contributed by atoms with Crippen LogP contribution in [0.2, 0.25) is 10.0 Å². The second-order valence-electron chi connectivity index (χ2n) is 7.47. The molecular weight excluding hydrogens is 454 g/mol. The van der Waals surface area contributed by atoms with Gasteiger partial charge in [0.25, 0.3) is 5.91 Å². The van der Waals surface area contributed by atoms with Crippen LogP contribution in [0.25, 0.3) is 0 Å². The molecule has 0 bridgehead atoms. The number of pyridine rings is 1. The molecule has 1 aliphatic carbocycles. The molecule has 1 fully saturated rings. The number of nitrogens with one attached hydrogen (secondary N) is 2. The Labute approximate surface area is 188 Å². The predicted octanol–water partition coefficient (Wildman–Crippen LogP) is 5.82. The molecule has 3 rings (SSSR count). The van der Waals surface area contributed by atoms with Gasteiger partial charge in [0.2, 0.25) is 5.88 Å². The van der Waals surface area contributed by atoms with Crippen LogP contribution in [-0.4, -0.2) is 30.6 Å². The van der Waals surface area contributed by atoms with Crippen LogP contribution in [0.4, 0.5) is 18.9 Å². The number of ether oxygens (including phenoxy) is 1. The van der Waals surface area contributed by atoms with Crippen LogP contribution in [0.3, 0.4) is 0 Å². The highest BCUT2D eigenvalue weighted by atomic mass is 35.5. The van der Waals surface area contributed by atoms with E-state index in [4.69, 9.17) is 27.9 Å². The van der Waals surface area contributed by atoms with Gasteiger partial charge in [0.15, 0.2) is 0 Å². The summed E-state index contributed by atoms with van der Waals surface area (Å²) in [5.74, 6) is 0.240. The highest BCUT2D eigenvalue weighted by Crippen LogP contribution is 2.32. The van der Waals surface area contributed by atoms with Crippen molar-refractivity contribution in [3.8, 4) is 5.88 Å². The molecule has 0 unspecified atom stereocenters. The Kier molecular flexibility index (Phi) is 7.54. The summed E-state index contributed by atoms with van der Waals surface area (Å²) in [6, 6.07) is 4.39. The van der Waals surface area contributed by atoms with Gasteiger partial charge in [0.05, 0.1) is 34.0 Å². The molecule has 1 aromatic carbocycles. The van der Waals surface area contributed by atoms with Crippen LogP contribution in [0.1, 0.15) is 41.6 Å². The van der Waals surface area contributed by atoms with E-state index in [0.29, 0.717) is 29.1 Å². The quantitative estimate of drug-likeness (QED) is 0.552. The monoisotopic (exact) mass is 475 g/mol. The Bertz CT molecular complexity index is 933. The fraction of sp³-hybridized carbons (Fsp3) is 0.429. The second-order valence-corrected chi connectivity index (χ2v) is 8.32. The molecule has 10 heteroatoms. The summed E-state index contributed by atoms with van der Waals surface area (Å²) < 4.78 is 44.0. The number of carbonyl (C=O) groups excluding carboxylic acids is 1. The van der Waals surface area contributed by atoms with Crippen molar-refractivity contribution < 1.29 is 22.7 Å². The molecule has 31 heavy (non-hydrogen) atoms. The first-order valence-electron chi connectivity index (χ1n) is 9.78. The highest BCUT2D eigenvalue weighted by molar-refractivity contribution is 6.33. The maximum absolute atomic E-state index is 12.9. The minimum absolute atomic E-state index is 0.00698. The average molecular weight is 476 g/mol. The summed E-state index contributed by atoms with van der Waals surface area (Å²) in [6.07, 6.45) is 0.121. The van der Waals surface area contributed by atoms with E-state index in [2.05, 4.69) is 15.6 Å². The first-order valence-corrected chi connectivity index (χ1v) is 10.5. The van der Waals surface area contributed by atoms with E-state index in [1.54, 1.807) is 6.07 Å². The normalized spacial score (nSPS) is 19.0. The van der Waals surface area contributed by atoms with Gasteiger partial charge in [-0.15, -0.1) is 0 Å². The SMILES string of the molecule is COc1ncc(Cl)cc1NCC1CCC(NC(=O)c2cc(C(F)(F)F)ccc2Cl)CC1. The van der Waals surface area contributed by atoms with Crippen LogP contribution in [0.15, 0.2) is 30.5 Å². The molecule has 1 aliphatic rings. The fourth-order valence-corrected chi connectivity index (χ4v) is 3.98. The molecular formula is C21H22Cl2F3N3O2. The van der Waals surface area contributed by atoms with Gasteiger partial charge in [-0.2, -0.15) is 13.2 Å². The Morgan fingerprint density at radius 2 is 1.90 bits per heavy atom. The third-order valence-corrected chi connectivity index (χ3v) is 5.85. The summed E-state index contributed by atoms with van der Waals surface area (Å²) in [4.78, 5) is 16.6. The van der Waals surface area contributed by atoms with Crippen molar-refractivity contribution in [2.24, 2.45) is 5.92 Å². The van der Waals surface area contributed by atoms with Crippen LogP contribution in [0.5, 0.6) is 5.88 Å². The van der Waals surface area contributed by atoms with Gasteiger partial charge in [-0.1, -0.05) is 23.2 Å². The molecule has 2 N–H and O–H groups in total. The number of rotatable bonds is 6. The summed E-state index contributed by atoms with van der Waals surface area (Å²) in [5, 5.41) is 6.61. The van der Waals surface area contributed by atoms with Crippen molar-refractivity contribution in [2.45, 2.75) is 37.9 Å². The average Bonchev–Trinajstić information content (AvgIpc) is 2.72. The highest BCUT2D eigenvalue weighted by Gasteiger charge is 2.32.